The summed E-state index contributed by atoms with van der Waals surface area (Å²) in [5.41, 5.74) is 5.26. The smallest absolute Gasteiger partial charge is 0.321 e. The maximum absolute atomic E-state index is 14.6. The van der Waals surface area contributed by atoms with Crippen LogP contribution in [0.15, 0.2) is 0 Å². The second-order valence-corrected chi connectivity index (χ2v) is 9.58. The Morgan fingerprint density at radius 1 is 1.32 bits per heavy atom. The molecule has 0 aromatic rings. The second-order valence-electron chi connectivity index (χ2n) is 7.68. The summed E-state index contributed by atoms with van der Waals surface area (Å²) in [6.07, 6.45) is -0.981. The standard InChI is InChI=1S/C14H24FN5O4S/c1-7-17-18-13(24-7)20-10-6-11(8(15)5-9(10)16-12(20)21)25(22,23)19-14(2)3-4-14/h7-11,13,17-19H,3-6H2,1-2H3,(H,16,21). The Balaban J connectivity index is 1.54. The Hall–Kier alpha value is -1.01. The summed E-state index contributed by atoms with van der Waals surface area (Å²) in [6, 6.07) is -1.25. The molecule has 4 N–H and O–H groups in total. The Morgan fingerprint density at radius 2 is 2.04 bits per heavy atom. The minimum absolute atomic E-state index is 0.0229. The van der Waals surface area contributed by atoms with Gasteiger partial charge in [0.15, 0.2) is 0 Å². The Kier molecular flexibility index (Phi) is 4.00. The molecule has 2 amide bonds. The summed E-state index contributed by atoms with van der Waals surface area (Å²) >= 11 is 0. The van der Waals surface area contributed by atoms with E-state index < -0.39 is 45.4 Å². The molecular formula is C14H24FN5O4S. The Morgan fingerprint density at radius 3 is 2.64 bits per heavy atom. The van der Waals surface area contributed by atoms with E-state index in [4.69, 9.17) is 4.74 Å². The molecule has 0 bridgehead atoms. The number of nitrogens with zero attached hydrogens (tertiary/aromatic N) is 1. The molecule has 2 saturated carbocycles. The van der Waals surface area contributed by atoms with Crippen molar-refractivity contribution < 1.29 is 22.3 Å². The highest BCUT2D eigenvalue weighted by molar-refractivity contribution is 7.90. The second kappa shape index (κ2) is 5.74. The molecule has 0 spiro atoms. The van der Waals surface area contributed by atoms with Crippen LogP contribution >= 0.6 is 0 Å². The zero-order valence-corrected chi connectivity index (χ0v) is 15.0. The van der Waals surface area contributed by atoms with Gasteiger partial charge in [0.1, 0.15) is 17.6 Å². The van der Waals surface area contributed by atoms with Crippen molar-refractivity contribution in [2.45, 2.75) is 81.2 Å². The minimum Gasteiger partial charge on any atom is -0.333 e. The van der Waals surface area contributed by atoms with E-state index >= 15 is 0 Å². The van der Waals surface area contributed by atoms with Crippen LogP contribution in [0.4, 0.5) is 9.18 Å². The molecule has 2 heterocycles. The van der Waals surface area contributed by atoms with Crippen LogP contribution < -0.4 is 20.9 Å². The van der Waals surface area contributed by atoms with Crippen LogP contribution in [-0.4, -0.2) is 61.0 Å². The van der Waals surface area contributed by atoms with E-state index in [1.54, 1.807) is 6.92 Å². The molecular weight excluding hydrogens is 353 g/mol. The fourth-order valence-electron chi connectivity index (χ4n) is 3.84. The van der Waals surface area contributed by atoms with Crippen LogP contribution in [0.5, 0.6) is 0 Å². The van der Waals surface area contributed by atoms with Gasteiger partial charge in [-0.15, -0.1) is 0 Å². The molecule has 4 rings (SSSR count). The van der Waals surface area contributed by atoms with E-state index in [0.717, 1.165) is 12.8 Å². The number of carbonyl (C=O) groups is 1. The normalized spacial score (nSPS) is 43.0. The Bertz CT molecular complexity index is 672. The summed E-state index contributed by atoms with van der Waals surface area (Å²) in [7, 11) is -3.81. The third kappa shape index (κ3) is 3.12. The first-order valence-electron chi connectivity index (χ1n) is 8.61. The lowest BCUT2D eigenvalue weighted by molar-refractivity contribution is -0.0510. The quantitative estimate of drug-likeness (QED) is 0.524. The molecule has 142 valence electrons. The predicted octanol–water partition coefficient (Wildman–Crippen LogP) is -0.525. The zero-order valence-electron chi connectivity index (χ0n) is 14.2. The molecule has 2 saturated heterocycles. The average Bonchev–Trinajstić information content (AvgIpc) is 2.91. The third-order valence-corrected chi connectivity index (χ3v) is 7.57. The van der Waals surface area contributed by atoms with Gasteiger partial charge < -0.3 is 10.1 Å². The van der Waals surface area contributed by atoms with Gasteiger partial charge in [-0.2, -0.15) is 0 Å². The molecule has 25 heavy (non-hydrogen) atoms. The number of hydrazine groups is 1. The van der Waals surface area contributed by atoms with Crippen LogP contribution in [0.25, 0.3) is 0 Å². The largest absolute Gasteiger partial charge is 0.333 e. The lowest BCUT2D eigenvalue weighted by atomic mass is 9.89. The highest BCUT2D eigenvalue weighted by atomic mass is 32.2. The highest BCUT2D eigenvalue weighted by Crippen LogP contribution is 2.39. The number of hydrogen-bond acceptors (Lipinski definition) is 6. The number of rotatable bonds is 4. The van der Waals surface area contributed by atoms with Crippen molar-refractivity contribution in [3.8, 4) is 0 Å². The van der Waals surface area contributed by atoms with Gasteiger partial charge in [0, 0.05) is 12.0 Å². The fourth-order valence-corrected chi connectivity index (χ4v) is 5.84. The van der Waals surface area contributed by atoms with Gasteiger partial charge >= 0.3 is 6.03 Å². The molecule has 4 aliphatic rings. The van der Waals surface area contributed by atoms with E-state index in [1.165, 1.54) is 4.90 Å². The van der Waals surface area contributed by atoms with Crippen molar-refractivity contribution in [3.63, 3.8) is 0 Å². The number of sulfonamides is 1. The third-order valence-electron chi connectivity index (χ3n) is 5.50. The number of urea groups is 1. The maximum atomic E-state index is 14.6. The summed E-state index contributed by atoms with van der Waals surface area (Å²) in [5.74, 6) is 0. The molecule has 0 aromatic carbocycles. The molecule has 0 radical (unpaired) electrons. The van der Waals surface area contributed by atoms with Crippen LogP contribution in [0.2, 0.25) is 0 Å². The van der Waals surface area contributed by atoms with E-state index in [0.29, 0.717) is 0 Å². The van der Waals surface area contributed by atoms with Gasteiger partial charge in [-0.3, -0.25) is 4.90 Å². The molecule has 6 unspecified atom stereocenters. The lowest BCUT2D eigenvalue weighted by Gasteiger charge is -2.38. The first-order valence-corrected chi connectivity index (χ1v) is 10.2. The van der Waals surface area contributed by atoms with Crippen LogP contribution in [0, 0.1) is 0 Å². The lowest BCUT2D eigenvalue weighted by Crippen LogP contribution is -2.57. The molecule has 6 atom stereocenters. The SMILES string of the molecule is CC1NNC(N2C(=O)NC3CC(F)C(S(=O)(=O)NC4(C)CC4)CC32)O1. The van der Waals surface area contributed by atoms with Crippen molar-refractivity contribution in [3.05, 3.63) is 0 Å². The molecule has 2 aliphatic carbocycles. The van der Waals surface area contributed by atoms with Crippen molar-refractivity contribution in [1.82, 2.24) is 25.8 Å². The number of carbonyl (C=O) groups excluding carboxylic acids is 1. The van der Waals surface area contributed by atoms with Crippen molar-refractivity contribution in [1.29, 1.82) is 0 Å². The fraction of sp³-hybridized carbons (Fsp3) is 0.929. The monoisotopic (exact) mass is 377 g/mol. The van der Waals surface area contributed by atoms with Gasteiger partial charge in [-0.25, -0.2) is 33.2 Å². The molecule has 11 heteroatoms. The van der Waals surface area contributed by atoms with Gasteiger partial charge in [0.25, 0.3) is 0 Å². The predicted molar refractivity (Wildman–Crippen MR) is 86.2 cm³/mol. The Labute approximate surface area is 146 Å². The van der Waals surface area contributed by atoms with Gasteiger partial charge in [-0.05, 0) is 33.1 Å². The number of ether oxygens (including phenoxy) is 1. The minimum atomic E-state index is -3.81. The maximum Gasteiger partial charge on any atom is 0.321 e. The number of amides is 2. The van der Waals surface area contributed by atoms with Crippen molar-refractivity contribution >= 4 is 16.1 Å². The number of halogens is 1. The van der Waals surface area contributed by atoms with Gasteiger partial charge in [0.05, 0.1) is 12.1 Å². The zero-order chi connectivity index (χ0) is 18.0. The van der Waals surface area contributed by atoms with E-state index in [1.807, 2.05) is 6.92 Å². The first kappa shape index (κ1) is 17.4. The van der Waals surface area contributed by atoms with Crippen LogP contribution in [0.3, 0.4) is 0 Å². The molecule has 2 aliphatic heterocycles. The first-order chi connectivity index (χ1) is 11.7. The number of fused-ring (bicyclic) bond motifs is 1. The van der Waals surface area contributed by atoms with Crippen molar-refractivity contribution in [2.75, 3.05) is 0 Å². The highest BCUT2D eigenvalue weighted by Gasteiger charge is 2.54. The summed E-state index contributed by atoms with van der Waals surface area (Å²) in [4.78, 5) is 13.8. The summed E-state index contributed by atoms with van der Waals surface area (Å²) < 4.78 is 48.2. The average molecular weight is 377 g/mol. The molecule has 0 aromatic heterocycles. The number of hydrogen-bond donors (Lipinski definition) is 4. The number of nitrogens with one attached hydrogen (secondary N) is 4. The summed E-state index contributed by atoms with van der Waals surface area (Å²) in [6.45, 7) is 3.60. The number of alkyl halides is 1. The van der Waals surface area contributed by atoms with E-state index in [9.17, 15) is 17.6 Å². The van der Waals surface area contributed by atoms with Crippen molar-refractivity contribution in [2.24, 2.45) is 0 Å². The van der Waals surface area contributed by atoms with Crippen LogP contribution in [0.1, 0.15) is 39.5 Å². The van der Waals surface area contributed by atoms with Gasteiger partial charge in [0.2, 0.25) is 16.4 Å². The van der Waals surface area contributed by atoms with Gasteiger partial charge in [-0.1, -0.05) is 0 Å². The van der Waals surface area contributed by atoms with Crippen LogP contribution in [-0.2, 0) is 14.8 Å². The molecule has 4 fully saturated rings. The molecule has 9 nitrogen and oxygen atoms in total. The van der Waals surface area contributed by atoms with E-state index in [-0.39, 0.29) is 25.1 Å². The van der Waals surface area contributed by atoms with E-state index in [2.05, 4.69) is 20.9 Å². The summed E-state index contributed by atoms with van der Waals surface area (Å²) in [5, 5.41) is 1.57. The topological polar surface area (TPSA) is 112 Å².